The van der Waals surface area contributed by atoms with Crippen molar-refractivity contribution in [2.45, 2.75) is 58.4 Å². The second kappa shape index (κ2) is 6.01. The molecule has 2 aliphatic rings. The number of ether oxygens (including phenoxy) is 1. The Morgan fingerprint density at radius 3 is 3.00 bits per heavy atom. The molecule has 1 aliphatic carbocycles. The van der Waals surface area contributed by atoms with Crippen LogP contribution in [0.15, 0.2) is 6.20 Å². The quantitative estimate of drug-likeness (QED) is 0.925. The SMILES string of the molecule is CCCNC1CC(C)(C)Cc2nc(C3CCOC3)ncc21. The molecule has 1 aliphatic heterocycles. The molecule has 0 aromatic carbocycles. The molecule has 2 atom stereocenters. The molecule has 0 bridgehead atoms. The first-order chi connectivity index (χ1) is 10.1. The molecule has 1 fully saturated rings. The third-order valence-corrected chi connectivity index (χ3v) is 4.63. The Hall–Kier alpha value is -1.00. The minimum Gasteiger partial charge on any atom is -0.381 e. The van der Waals surface area contributed by atoms with E-state index in [1.54, 1.807) is 0 Å². The molecule has 3 rings (SSSR count). The molecule has 1 aromatic heterocycles. The normalized spacial score (nSPS) is 27.6. The van der Waals surface area contributed by atoms with Crippen molar-refractivity contribution in [2.75, 3.05) is 19.8 Å². The molecule has 0 spiro atoms. The summed E-state index contributed by atoms with van der Waals surface area (Å²) in [6, 6.07) is 0.401. The summed E-state index contributed by atoms with van der Waals surface area (Å²) in [4.78, 5) is 9.57. The molecule has 0 radical (unpaired) electrons. The summed E-state index contributed by atoms with van der Waals surface area (Å²) in [5, 5.41) is 3.67. The van der Waals surface area contributed by atoms with E-state index in [1.165, 1.54) is 11.3 Å². The van der Waals surface area contributed by atoms with Crippen LogP contribution in [0.3, 0.4) is 0 Å². The first kappa shape index (κ1) is 14.9. The van der Waals surface area contributed by atoms with Crippen LogP contribution in [0.25, 0.3) is 0 Å². The van der Waals surface area contributed by atoms with Gasteiger partial charge in [0.1, 0.15) is 5.82 Å². The Morgan fingerprint density at radius 2 is 2.29 bits per heavy atom. The van der Waals surface area contributed by atoms with E-state index < -0.39 is 0 Å². The molecule has 2 heterocycles. The van der Waals surface area contributed by atoms with Crippen LogP contribution in [0.4, 0.5) is 0 Å². The maximum Gasteiger partial charge on any atom is 0.134 e. The van der Waals surface area contributed by atoms with Crippen molar-refractivity contribution in [1.82, 2.24) is 15.3 Å². The van der Waals surface area contributed by atoms with Gasteiger partial charge in [-0.1, -0.05) is 20.8 Å². The van der Waals surface area contributed by atoms with Gasteiger partial charge in [0.05, 0.1) is 6.61 Å². The fourth-order valence-electron chi connectivity index (χ4n) is 3.50. The molecule has 21 heavy (non-hydrogen) atoms. The van der Waals surface area contributed by atoms with E-state index in [4.69, 9.17) is 9.72 Å². The molecular formula is C17H27N3O. The third kappa shape index (κ3) is 3.27. The molecule has 4 heteroatoms. The van der Waals surface area contributed by atoms with Crippen LogP contribution in [-0.2, 0) is 11.2 Å². The van der Waals surface area contributed by atoms with E-state index in [1.807, 2.05) is 0 Å². The number of hydrogen-bond donors (Lipinski definition) is 1. The predicted molar refractivity (Wildman–Crippen MR) is 83.3 cm³/mol. The van der Waals surface area contributed by atoms with Gasteiger partial charge in [0, 0.05) is 36.0 Å². The van der Waals surface area contributed by atoms with E-state index in [2.05, 4.69) is 37.3 Å². The maximum absolute atomic E-state index is 5.48. The number of nitrogens with zero attached hydrogens (tertiary/aromatic N) is 2. The lowest BCUT2D eigenvalue weighted by molar-refractivity contribution is 0.193. The van der Waals surface area contributed by atoms with Gasteiger partial charge in [-0.3, -0.25) is 0 Å². The number of fused-ring (bicyclic) bond motifs is 1. The molecule has 2 unspecified atom stereocenters. The standard InChI is InChI=1S/C17H27N3O/c1-4-6-18-14-8-17(2,3)9-15-13(14)10-19-16(20-15)12-5-7-21-11-12/h10,12,14,18H,4-9,11H2,1-3H3. The van der Waals surface area contributed by atoms with Crippen LogP contribution in [0.2, 0.25) is 0 Å². The van der Waals surface area contributed by atoms with E-state index in [-0.39, 0.29) is 0 Å². The number of hydrogen-bond acceptors (Lipinski definition) is 4. The average Bonchev–Trinajstić information content (AvgIpc) is 2.97. The molecule has 1 aromatic rings. The van der Waals surface area contributed by atoms with Crippen LogP contribution in [0.1, 0.15) is 69.1 Å². The molecule has 1 saturated heterocycles. The van der Waals surface area contributed by atoms with E-state index in [9.17, 15) is 0 Å². The van der Waals surface area contributed by atoms with Gasteiger partial charge in [-0.05, 0) is 37.6 Å². The predicted octanol–water partition coefficient (Wildman–Crippen LogP) is 2.99. The van der Waals surface area contributed by atoms with Crippen molar-refractivity contribution in [2.24, 2.45) is 5.41 Å². The Kier molecular flexibility index (Phi) is 4.27. The first-order valence-electron chi connectivity index (χ1n) is 8.26. The van der Waals surface area contributed by atoms with Crippen LogP contribution in [0, 0.1) is 5.41 Å². The average molecular weight is 289 g/mol. The second-order valence-corrected chi connectivity index (χ2v) is 7.24. The van der Waals surface area contributed by atoms with Gasteiger partial charge >= 0.3 is 0 Å². The highest BCUT2D eigenvalue weighted by atomic mass is 16.5. The lowest BCUT2D eigenvalue weighted by atomic mass is 9.74. The molecule has 1 N–H and O–H groups in total. The largest absolute Gasteiger partial charge is 0.381 e. The smallest absolute Gasteiger partial charge is 0.134 e. The van der Waals surface area contributed by atoms with Gasteiger partial charge in [0.25, 0.3) is 0 Å². The third-order valence-electron chi connectivity index (χ3n) is 4.63. The second-order valence-electron chi connectivity index (χ2n) is 7.24. The first-order valence-corrected chi connectivity index (χ1v) is 8.26. The number of nitrogens with one attached hydrogen (secondary N) is 1. The van der Waals surface area contributed by atoms with Crippen molar-refractivity contribution >= 4 is 0 Å². The molecule has 0 saturated carbocycles. The highest BCUT2D eigenvalue weighted by molar-refractivity contribution is 5.27. The highest BCUT2D eigenvalue weighted by Gasteiger charge is 2.34. The van der Waals surface area contributed by atoms with Crippen molar-refractivity contribution in [3.05, 3.63) is 23.3 Å². The zero-order valence-corrected chi connectivity index (χ0v) is 13.5. The van der Waals surface area contributed by atoms with Gasteiger partial charge in [-0.15, -0.1) is 0 Å². The number of aromatic nitrogens is 2. The molecule has 4 nitrogen and oxygen atoms in total. The Balaban J connectivity index is 1.88. The molecular weight excluding hydrogens is 262 g/mol. The summed E-state index contributed by atoms with van der Waals surface area (Å²) in [6.45, 7) is 9.57. The van der Waals surface area contributed by atoms with Gasteiger partial charge < -0.3 is 10.1 Å². The van der Waals surface area contributed by atoms with Crippen LogP contribution >= 0.6 is 0 Å². The summed E-state index contributed by atoms with van der Waals surface area (Å²) < 4.78 is 5.48. The van der Waals surface area contributed by atoms with Gasteiger partial charge in [0.2, 0.25) is 0 Å². The van der Waals surface area contributed by atoms with Crippen LogP contribution < -0.4 is 5.32 Å². The lowest BCUT2D eigenvalue weighted by Crippen LogP contribution is -2.35. The van der Waals surface area contributed by atoms with Gasteiger partial charge in [-0.2, -0.15) is 0 Å². The summed E-state index contributed by atoms with van der Waals surface area (Å²) in [6.07, 6.45) is 6.49. The van der Waals surface area contributed by atoms with Gasteiger partial charge in [-0.25, -0.2) is 9.97 Å². The molecule has 116 valence electrons. The fourth-order valence-corrected chi connectivity index (χ4v) is 3.50. The van der Waals surface area contributed by atoms with Gasteiger partial charge in [0.15, 0.2) is 0 Å². The highest BCUT2D eigenvalue weighted by Crippen LogP contribution is 2.40. The topological polar surface area (TPSA) is 47.0 Å². The zero-order valence-electron chi connectivity index (χ0n) is 13.5. The Bertz CT molecular complexity index is 495. The summed E-state index contributed by atoms with van der Waals surface area (Å²) in [5.41, 5.74) is 2.86. The zero-order chi connectivity index (χ0) is 14.9. The van der Waals surface area contributed by atoms with Crippen LogP contribution in [0.5, 0.6) is 0 Å². The summed E-state index contributed by atoms with van der Waals surface area (Å²) in [7, 11) is 0. The minimum absolute atomic E-state index is 0.302. The lowest BCUT2D eigenvalue weighted by Gasteiger charge is -2.36. The van der Waals surface area contributed by atoms with Crippen molar-refractivity contribution in [3.63, 3.8) is 0 Å². The van der Waals surface area contributed by atoms with E-state index >= 15 is 0 Å². The maximum atomic E-state index is 5.48. The summed E-state index contributed by atoms with van der Waals surface area (Å²) in [5.74, 6) is 1.38. The van der Waals surface area contributed by atoms with Crippen molar-refractivity contribution < 1.29 is 4.74 Å². The van der Waals surface area contributed by atoms with E-state index in [0.717, 1.165) is 51.3 Å². The fraction of sp³-hybridized carbons (Fsp3) is 0.765. The monoisotopic (exact) mass is 289 g/mol. The Morgan fingerprint density at radius 1 is 1.43 bits per heavy atom. The number of rotatable bonds is 4. The molecule has 0 amide bonds. The van der Waals surface area contributed by atoms with E-state index in [0.29, 0.717) is 17.4 Å². The minimum atomic E-state index is 0.302. The van der Waals surface area contributed by atoms with Crippen LogP contribution in [-0.4, -0.2) is 29.7 Å². The Labute approximate surface area is 127 Å². The van der Waals surface area contributed by atoms with Crippen molar-refractivity contribution in [3.8, 4) is 0 Å². The summed E-state index contributed by atoms with van der Waals surface area (Å²) >= 11 is 0. The van der Waals surface area contributed by atoms with Crippen molar-refractivity contribution in [1.29, 1.82) is 0 Å².